The highest BCUT2D eigenvalue weighted by Gasteiger charge is 2.24. The lowest BCUT2D eigenvalue weighted by Crippen LogP contribution is -2.47. The van der Waals surface area contributed by atoms with E-state index in [1.165, 1.54) is 12.8 Å². The van der Waals surface area contributed by atoms with Crippen LogP contribution < -0.4 is 5.32 Å². The van der Waals surface area contributed by atoms with Crippen LogP contribution in [0.25, 0.3) is 0 Å². The van der Waals surface area contributed by atoms with Crippen molar-refractivity contribution in [3.63, 3.8) is 0 Å². The number of amides is 1. The van der Waals surface area contributed by atoms with Gasteiger partial charge < -0.3 is 10.1 Å². The Morgan fingerprint density at radius 3 is 2.71 bits per heavy atom. The first-order valence-corrected chi connectivity index (χ1v) is 8.03. The summed E-state index contributed by atoms with van der Waals surface area (Å²) in [6, 6.07) is 0. The second kappa shape index (κ2) is 8.25. The van der Waals surface area contributed by atoms with E-state index >= 15 is 0 Å². The Labute approximate surface area is 129 Å². The number of nitrogens with one attached hydrogen (secondary N) is 1. The molecule has 0 fully saturated rings. The molecule has 1 aliphatic heterocycles. The largest absolute Gasteiger partial charge is 0.444 e. The highest BCUT2D eigenvalue weighted by molar-refractivity contribution is 5.87. The van der Waals surface area contributed by atoms with Crippen LogP contribution in [0.1, 0.15) is 53.9 Å². The van der Waals surface area contributed by atoms with E-state index in [-0.39, 0.29) is 6.09 Å². The van der Waals surface area contributed by atoms with Gasteiger partial charge in [-0.1, -0.05) is 26.7 Å². The van der Waals surface area contributed by atoms with Gasteiger partial charge in [-0.15, -0.1) is 0 Å². The number of amidine groups is 1. The maximum Gasteiger partial charge on any atom is 0.410 e. The Bertz CT molecular complexity index is 359. The summed E-state index contributed by atoms with van der Waals surface area (Å²) >= 11 is 0. The van der Waals surface area contributed by atoms with Gasteiger partial charge in [0.15, 0.2) is 0 Å². The van der Waals surface area contributed by atoms with Crippen molar-refractivity contribution in [3.8, 4) is 0 Å². The fourth-order valence-corrected chi connectivity index (χ4v) is 2.12. The van der Waals surface area contributed by atoms with E-state index in [0.717, 1.165) is 24.7 Å². The molecular weight excluding hydrogens is 266 g/mol. The summed E-state index contributed by atoms with van der Waals surface area (Å²) in [7, 11) is 0. The van der Waals surface area contributed by atoms with E-state index in [4.69, 9.17) is 4.74 Å². The zero-order valence-electron chi connectivity index (χ0n) is 14.2. The quantitative estimate of drug-likeness (QED) is 0.794. The van der Waals surface area contributed by atoms with Crippen LogP contribution in [0.2, 0.25) is 0 Å². The molecule has 0 saturated heterocycles. The van der Waals surface area contributed by atoms with Gasteiger partial charge in [0, 0.05) is 13.1 Å². The zero-order chi connectivity index (χ0) is 15.9. The summed E-state index contributed by atoms with van der Waals surface area (Å²) in [6.45, 7) is 12.9. The van der Waals surface area contributed by atoms with Gasteiger partial charge in [-0.05, 0) is 33.1 Å². The van der Waals surface area contributed by atoms with Crippen LogP contribution in [0.5, 0.6) is 0 Å². The minimum atomic E-state index is -0.448. The van der Waals surface area contributed by atoms with Crippen molar-refractivity contribution in [2.45, 2.75) is 59.5 Å². The maximum absolute atomic E-state index is 12.0. The van der Waals surface area contributed by atoms with Gasteiger partial charge in [-0.3, -0.25) is 9.89 Å². The summed E-state index contributed by atoms with van der Waals surface area (Å²) in [4.78, 5) is 18.2. The molecule has 0 aliphatic carbocycles. The molecule has 0 unspecified atom stereocenters. The Balaban J connectivity index is 2.28. The van der Waals surface area contributed by atoms with Gasteiger partial charge in [-0.2, -0.15) is 0 Å². The van der Waals surface area contributed by atoms with Crippen molar-refractivity contribution < 1.29 is 9.53 Å². The van der Waals surface area contributed by atoms with E-state index in [2.05, 4.69) is 24.2 Å². The van der Waals surface area contributed by atoms with E-state index in [0.29, 0.717) is 19.6 Å². The van der Waals surface area contributed by atoms with Gasteiger partial charge in [0.2, 0.25) is 0 Å². The molecule has 0 bridgehead atoms. The summed E-state index contributed by atoms with van der Waals surface area (Å²) in [5.41, 5.74) is -0.448. The first-order chi connectivity index (χ1) is 9.78. The molecule has 0 radical (unpaired) electrons. The standard InChI is InChI=1S/C16H31N3O2/c1-13(2)8-6-7-9-17-14-12-19(11-10-18-14)15(20)21-16(3,4)5/h13H,6-12H2,1-5H3,(H,17,18). The van der Waals surface area contributed by atoms with Gasteiger partial charge in [0.05, 0.1) is 13.1 Å². The molecule has 21 heavy (non-hydrogen) atoms. The van der Waals surface area contributed by atoms with Crippen molar-refractivity contribution in [2.24, 2.45) is 10.9 Å². The molecule has 0 aromatic rings. The van der Waals surface area contributed by atoms with E-state index in [9.17, 15) is 4.79 Å². The molecule has 1 aliphatic rings. The Kier molecular flexibility index (Phi) is 6.99. The summed E-state index contributed by atoms with van der Waals surface area (Å²) in [6.07, 6.45) is 3.38. The van der Waals surface area contributed by atoms with Crippen LogP contribution in [0.4, 0.5) is 4.79 Å². The molecule has 5 nitrogen and oxygen atoms in total. The van der Waals surface area contributed by atoms with Crippen LogP contribution in [0, 0.1) is 5.92 Å². The molecule has 0 aromatic heterocycles. The third kappa shape index (κ3) is 7.93. The highest BCUT2D eigenvalue weighted by Crippen LogP contribution is 2.11. The number of rotatable bonds is 5. The number of ether oxygens (including phenoxy) is 1. The molecular formula is C16H31N3O2. The van der Waals surface area contributed by atoms with E-state index in [1.54, 1.807) is 4.90 Å². The molecule has 0 spiro atoms. The first kappa shape index (κ1) is 17.8. The summed E-state index contributed by atoms with van der Waals surface area (Å²) in [5, 5.41) is 3.34. The Morgan fingerprint density at radius 2 is 2.10 bits per heavy atom. The van der Waals surface area contributed by atoms with Gasteiger partial charge in [0.1, 0.15) is 11.4 Å². The molecule has 122 valence electrons. The number of carbonyl (C=O) groups is 1. The highest BCUT2D eigenvalue weighted by atomic mass is 16.6. The number of carbonyl (C=O) groups excluding carboxylic acids is 1. The minimum Gasteiger partial charge on any atom is -0.444 e. The van der Waals surface area contributed by atoms with Crippen molar-refractivity contribution >= 4 is 11.9 Å². The lowest BCUT2D eigenvalue weighted by molar-refractivity contribution is 0.0276. The third-order valence-electron chi connectivity index (χ3n) is 3.20. The van der Waals surface area contributed by atoms with E-state index < -0.39 is 5.60 Å². The lowest BCUT2D eigenvalue weighted by Gasteiger charge is -2.30. The van der Waals surface area contributed by atoms with Crippen LogP contribution in [-0.2, 0) is 4.74 Å². The Morgan fingerprint density at radius 1 is 1.38 bits per heavy atom. The smallest absolute Gasteiger partial charge is 0.410 e. The SMILES string of the molecule is CC(C)CCCCNC1=NCCN(C(=O)OC(C)(C)C)C1. The summed E-state index contributed by atoms with van der Waals surface area (Å²) in [5.74, 6) is 1.66. The van der Waals surface area contributed by atoms with Gasteiger partial charge in [0.25, 0.3) is 0 Å². The average Bonchev–Trinajstić information content (AvgIpc) is 2.36. The van der Waals surface area contributed by atoms with Crippen molar-refractivity contribution in [3.05, 3.63) is 0 Å². The van der Waals surface area contributed by atoms with Gasteiger partial charge in [-0.25, -0.2) is 4.79 Å². The fourth-order valence-electron chi connectivity index (χ4n) is 2.12. The normalized spacial score (nSPS) is 15.9. The second-order valence-corrected chi connectivity index (χ2v) is 7.05. The zero-order valence-corrected chi connectivity index (χ0v) is 14.2. The predicted molar refractivity (Wildman–Crippen MR) is 86.8 cm³/mol. The third-order valence-corrected chi connectivity index (χ3v) is 3.20. The van der Waals surface area contributed by atoms with Crippen molar-refractivity contribution in [2.75, 3.05) is 26.2 Å². The van der Waals surface area contributed by atoms with Crippen LogP contribution in [-0.4, -0.2) is 48.6 Å². The molecule has 1 rings (SSSR count). The van der Waals surface area contributed by atoms with Gasteiger partial charge >= 0.3 is 6.09 Å². The van der Waals surface area contributed by atoms with Crippen molar-refractivity contribution in [1.29, 1.82) is 0 Å². The van der Waals surface area contributed by atoms with Crippen LogP contribution >= 0.6 is 0 Å². The molecule has 1 amide bonds. The molecule has 0 atom stereocenters. The topological polar surface area (TPSA) is 53.9 Å². The number of unbranched alkanes of at least 4 members (excludes halogenated alkanes) is 1. The molecule has 5 heteroatoms. The number of hydrogen-bond donors (Lipinski definition) is 1. The average molecular weight is 297 g/mol. The summed E-state index contributed by atoms with van der Waals surface area (Å²) < 4.78 is 5.40. The molecule has 1 N–H and O–H groups in total. The number of nitrogens with zero attached hydrogens (tertiary/aromatic N) is 2. The Hall–Kier alpha value is -1.26. The first-order valence-electron chi connectivity index (χ1n) is 8.03. The molecule has 0 aromatic carbocycles. The van der Waals surface area contributed by atoms with Crippen molar-refractivity contribution in [1.82, 2.24) is 10.2 Å². The van der Waals surface area contributed by atoms with Crippen LogP contribution in [0.3, 0.4) is 0 Å². The minimum absolute atomic E-state index is 0.253. The predicted octanol–water partition coefficient (Wildman–Crippen LogP) is 3.05. The number of hydrogen-bond acceptors (Lipinski definition) is 4. The molecule has 0 saturated carbocycles. The maximum atomic E-state index is 12.0. The monoisotopic (exact) mass is 297 g/mol. The second-order valence-electron chi connectivity index (χ2n) is 7.05. The fraction of sp³-hybridized carbons (Fsp3) is 0.875. The van der Waals surface area contributed by atoms with Crippen LogP contribution in [0.15, 0.2) is 4.99 Å². The number of aliphatic imine (C=N–C) groups is 1. The lowest BCUT2D eigenvalue weighted by atomic mass is 10.1. The molecule has 1 heterocycles. The van der Waals surface area contributed by atoms with E-state index in [1.807, 2.05) is 20.8 Å².